The van der Waals surface area contributed by atoms with E-state index in [1.165, 1.54) is 0 Å². The highest BCUT2D eigenvalue weighted by molar-refractivity contribution is 7.86. The van der Waals surface area contributed by atoms with Crippen molar-refractivity contribution in [3.8, 4) is 0 Å². The Labute approximate surface area is 60.2 Å². The summed E-state index contributed by atoms with van der Waals surface area (Å²) in [5.41, 5.74) is 5.43. The van der Waals surface area contributed by atoms with Crippen molar-refractivity contribution in [3.05, 3.63) is 0 Å². The van der Waals surface area contributed by atoms with Crippen LogP contribution in [-0.2, 0) is 10.2 Å². The van der Waals surface area contributed by atoms with Crippen molar-refractivity contribution < 1.29 is 8.42 Å². The van der Waals surface area contributed by atoms with Gasteiger partial charge in [-0.2, -0.15) is 12.7 Å². The summed E-state index contributed by atoms with van der Waals surface area (Å²) < 4.78 is 22.5. The highest BCUT2D eigenvalue weighted by atomic mass is 32.2. The van der Waals surface area contributed by atoms with E-state index in [-0.39, 0.29) is 0 Å². The molecule has 1 atom stereocenters. The highest BCUT2D eigenvalue weighted by Crippen LogP contribution is 2.14. The minimum atomic E-state index is -3.54. The van der Waals surface area contributed by atoms with E-state index in [9.17, 15) is 8.42 Å². The number of hydrogen-bond acceptors (Lipinski definition) is 3. The minimum Gasteiger partial charge on any atom is -0.315 e. The van der Waals surface area contributed by atoms with Crippen LogP contribution in [0.15, 0.2) is 0 Å². The largest absolute Gasteiger partial charge is 0.315 e. The Morgan fingerprint density at radius 2 is 2.10 bits per heavy atom. The number of hydrogen-bond donors (Lipinski definition) is 2. The fourth-order valence-electron chi connectivity index (χ4n) is 1.08. The van der Waals surface area contributed by atoms with Gasteiger partial charge in [0.05, 0.1) is 6.17 Å². The molecular weight excluding hydrogens is 154 g/mol. The van der Waals surface area contributed by atoms with Crippen molar-refractivity contribution in [1.82, 2.24) is 4.31 Å². The van der Waals surface area contributed by atoms with Crippen LogP contribution in [-0.4, -0.2) is 25.4 Å². The van der Waals surface area contributed by atoms with Gasteiger partial charge < -0.3 is 5.73 Å². The van der Waals surface area contributed by atoms with Gasteiger partial charge in [-0.25, -0.2) is 5.14 Å². The van der Waals surface area contributed by atoms with Crippen LogP contribution >= 0.6 is 0 Å². The lowest BCUT2D eigenvalue weighted by molar-refractivity contribution is 0.396. The SMILES string of the molecule is NC1CCCN1S(N)(=O)=O. The van der Waals surface area contributed by atoms with Crippen LogP contribution in [0, 0.1) is 0 Å². The molecular formula is C4H11N3O2S. The summed E-state index contributed by atoms with van der Waals surface area (Å²) in [6.45, 7) is 0.458. The van der Waals surface area contributed by atoms with Crippen molar-refractivity contribution >= 4 is 10.2 Å². The van der Waals surface area contributed by atoms with E-state index in [1.54, 1.807) is 0 Å². The van der Waals surface area contributed by atoms with Crippen LogP contribution in [0.3, 0.4) is 0 Å². The Morgan fingerprint density at radius 3 is 2.30 bits per heavy atom. The molecule has 1 fully saturated rings. The molecule has 0 aliphatic carbocycles. The quantitative estimate of drug-likeness (QED) is 0.499. The zero-order chi connectivity index (χ0) is 7.78. The molecule has 1 rings (SSSR count). The van der Waals surface area contributed by atoms with E-state index >= 15 is 0 Å². The summed E-state index contributed by atoms with van der Waals surface area (Å²) >= 11 is 0. The average molecular weight is 165 g/mol. The number of nitrogens with zero attached hydrogens (tertiary/aromatic N) is 1. The Bertz CT molecular complexity index is 213. The van der Waals surface area contributed by atoms with Crippen LogP contribution in [0.5, 0.6) is 0 Å². The molecule has 6 heteroatoms. The average Bonchev–Trinajstić information content (AvgIpc) is 2.11. The van der Waals surface area contributed by atoms with Gasteiger partial charge in [0, 0.05) is 6.54 Å². The summed E-state index contributed by atoms with van der Waals surface area (Å²) in [5, 5.41) is 4.85. The van der Waals surface area contributed by atoms with Gasteiger partial charge in [-0.1, -0.05) is 0 Å². The van der Waals surface area contributed by atoms with Crippen molar-refractivity contribution in [2.45, 2.75) is 19.0 Å². The van der Waals surface area contributed by atoms with Gasteiger partial charge in [0.25, 0.3) is 10.2 Å². The van der Waals surface area contributed by atoms with E-state index in [2.05, 4.69) is 0 Å². The van der Waals surface area contributed by atoms with Gasteiger partial charge in [0.15, 0.2) is 0 Å². The first-order chi connectivity index (χ1) is 4.52. The first-order valence-corrected chi connectivity index (χ1v) is 4.57. The smallest absolute Gasteiger partial charge is 0.278 e. The summed E-state index contributed by atoms with van der Waals surface area (Å²) in [4.78, 5) is 0. The topological polar surface area (TPSA) is 89.4 Å². The van der Waals surface area contributed by atoms with Gasteiger partial charge in [0.2, 0.25) is 0 Å². The molecule has 0 radical (unpaired) electrons. The lowest BCUT2D eigenvalue weighted by Gasteiger charge is -2.16. The predicted molar refractivity (Wildman–Crippen MR) is 37.0 cm³/mol. The second-order valence-corrected chi connectivity index (χ2v) is 3.86. The number of rotatable bonds is 1. The van der Waals surface area contributed by atoms with Gasteiger partial charge in [0.1, 0.15) is 0 Å². The molecule has 0 bridgehead atoms. The molecule has 0 aromatic carbocycles. The predicted octanol–water partition coefficient (Wildman–Crippen LogP) is -1.43. The van der Waals surface area contributed by atoms with Crippen molar-refractivity contribution in [3.63, 3.8) is 0 Å². The van der Waals surface area contributed by atoms with E-state index in [1.807, 2.05) is 0 Å². The van der Waals surface area contributed by atoms with E-state index in [0.29, 0.717) is 13.0 Å². The highest BCUT2D eigenvalue weighted by Gasteiger charge is 2.28. The van der Waals surface area contributed by atoms with Crippen molar-refractivity contribution in [2.24, 2.45) is 10.9 Å². The molecule has 60 valence electrons. The van der Waals surface area contributed by atoms with Gasteiger partial charge in [-0.05, 0) is 12.8 Å². The standard InChI is InChI=1S/C4H11N3O2S/c5-4-2-1-3-7(4)10(6,8)9/h4H,1-3,5H2,(H2,6,8,9). The maximum Gasteiger partial charge on any atom is 0.278 e. The fourth-order valence-corrected chi connectivity index (χ4v) is 1.95. The van der Waals surface area contributed by atoms with Gasteiger partial charge in [-0.15, -0.1) is 0 Å². The molecule has 0 aromatic heterocycles. The molecule has 0 amide bonds. The number of nitrogens with two attached hydrogens (primary N) is 2. The Morgan fingerprint density at radius 1 is 1.50 bits per heavy atom. The monoisotopic (exact) mass is 165 g/mol. The Kier molecular flexibility index (Phi) is 1.95. The lowest BCUT2D eigenvalue weighted by Crippen LogP contribution is -2.44. The third kappa shape index (κ3) is 1.46. The summed E-state index contributed by atoms with van der Waals surface area (Å²) in [6.07, 6.45) is 1.10. The van der Waals surface area contributed by atoms with Gasteiger partial charge >= 0.3 is 0 Å². The zero-order valence-corrected chi connectivity index (χ0v) is 6.34. The molecule has 0 saturated carbocycles. The molecule has 0 aromatic rings. The lowest BCUT2D eigenvalue weighted by atomic mass is 10.3. The molecule has 1 unspecified atom stereocenters. The van der Waals surface area contributed by atoms with Crippen molar-refractivity contribution in [2.75, 3.05) is 6.54 Å². The van der Waals surface area contributed by atoms with Crippen LogP contribution in [0.2, 0.25) is 0 Å². The second-order valence-electron chi connectivity index (χ2n) is 2.37. The molecule has 1 aliphatic heterocycles. The molecule has 4 N–H and O–H groups in total. The normalized spacial score (nSPS) is 29.2. The molecule has 1 aliphatic rings. The maximum absolute atomic E-state index is 10.7. The Hall–Kier alpha value is -0.170. The van der Waals surface area contributed by atoms with E-state index < -0.39 is 16.4 Å². The van der Waals surface area contributed by atoms with Gasteiger partial charge in [-0.3, -0.25) is 0 Å². The maximum atomic E-state index is 10.7. The van der Waals surface area contributed by atoms with Crippen LogP contribution in [0.1, 0.15) is 12.8 Å². The zero-order valence-electron chi connectivity index (χ0n) is 5.53. The molecule has 1 heterocycles. The molecule has 10 heavy (non-hydrogen) atoms. The molecule has 5 nitrogen and oxygen atoms in total. The Balaban J connectivity index is 2.74. The minimum absolute atomic E-state index is 0.407. The van der Waals surface area contributed by atoms with Crippen LogP contribution in [0.25, 0.3) is 0 Å². The van der Waals surface area contributed by atoms with Crippen molar-refractivity contribution in [1.29, 1.82) is 0 Å². The fraction of sp³-hybridized carbons (Fsp3) is 1.00. The second kappa shape index (κ2) is 2.46. The first-order valence-electron chi connectivity index (χ1n) is 3.07. The third-order valence-electron chi connectivity index (χ3n) is 1.58. The van der Waals surface area contributed by atoms with E-state index in [0.717, 1.165) is 10.7 Å². The summed E-state index contributed by atoms with van der Waals surface area (Å²) in [6, 6.07) is 0. The molecule has 1 saturated heterocycles. The molecule has 0 spiro atoms. The van der Waals surface area contributed by atoms with Crippen LogP contribution in [0.4, 0.5) is 0 Å². The summed E-state index contributed by atoms with van der Waals surface area (Å²) in [7, 11) is -3.54. The van der Waals surface area contributed by atoms with E-state index in [4.69, 9.17) is 10.9 Å². The first kappa shape index (κ1) is 7.93. The third-order valence-corrected chi connectivity index (χ3v) is 2.68. The van der Waals surface area contributed by atoms with Crippen LogP contribution < -0.4 is 10.9 Å². The summed E-state index contributed by atoms with van der Waals surface area (Å²) in [5.74, 6) is 0.